The third-order valence-electron chi connectivity index (χ3n) is 4.41. The first kappa shape index (κ1) is 14.8. The fraction of sp³-hybridized carbons (Fsp3) is 0.667. The lowest BCUT2D eigenvalue weighted by atomic mass is 9.96. The summed E-state index contributed by atoms with van der Waals surface area (Å²) in [6.07, 6.45) is 2.18. The lowest BCUT2D eigenvalue weighted by Gasteiger charge is -2.36. The second-order valence-electron chi connectivity index (χ2n) is 5.85. The van der Waals surface area contributed by atoms with Crippen molar-refractivity contribution in [3.8, 4) is 0 Å². The molecule has 21 heavy (non-hydrogen) atoms. The predicted octanol–water partition coefficient (Wildman–Crippen LogP) is 1.51. The van der Waals surface area contributed by atoms with Gasteiger partial charge in [0.2, 0.25) is 0 Å². The number of ether oxygens (including phenoxy) is 1. The summed E-state index contributed by atoms with van der Waals surface area (Å²) in [4.78, 5) is 17.5. The molecule has 0 aromatic carbocycles. The van der Waals surface area contributed by atoms with Crippen molar-refractivity contribution in [3.05, 3.63) is 16.3 Å². The maximum Gasteiger partial charge on any atom is 0.266 e. The highest BCUT2D eigenvalue weighted by Gasteiger charge is 2.26. The molecule has 6 heteroatoms. The fourth-order valence-corrected chi connectivity index (χ4v) is 3.89. The van der Waals surface area contributed by atoms with E-state index in [0.717, 1.165) is 58.8 Å². The molecule has 0 saturated carbocycles. The van der Waals surface area contributed by atoms with Gasteiger partial charge >= 0.3 is 0 Å². The van der Waals surface area contributed by atoms with Crippen LogP contribution in [0.15, 0.2) is 11.4 Å². The van der Waals surface area contributed by atoms with Crippen LogP contribution < -0.4 is 5.73 Å². The number of thiophene rings is 1. The number of hydrogen-bond acceptors (Lipinski definition) is 5. The van der Waals surface area contributed by atoms with Crippen LogP contribution >= 0.6 is 11.3 Å². The number of carbonyl (C=O) groups is 1. The van der Waals surface area contributed by atoms with Gasteiger partial charge in [0.05, 0.1) is 18.9 Å². The van der Waals surface area contributed by atoms with Crippen LogP contribution in [-0.4, -0.2) is 61.6 Å². The van der Waals surface area contributed by atoms with Gasteiger partial charge in [0.15, 0.2) is 0 Å². The fourth-order valence-electron chi connectivity index (χ4n) is 3.10. The van der Waals surface area contributed by atoms with E-state index >= 15 is 0 Å². The van der Waals surface area contributed by atoms with E-state index in [0.29, 0.717) is 16.5 Å². The van der Waals surface area contributed by atoms with Gasteiger partial charge in [-0.1, -0.05) is 0 Å². The van der Waals surface area contributed by atoms with E-state index in [1.54, 1.807) is 0 Å². The van der Waals surface area contributed by atoms with E-state index < -0.39 is 0 Å². The molecule has 2 saturated heterocycles. The number of nitrogen functional groups attached to an aromatic ring is 1. The molecule has 2 N–H and O–H groups in total. The molecule has 5 nitrogen and oxygen atoms in total. The Labute approximate surface area is 129 Å². The molecule has 0 unspecified atom stereocenters. The Morgan fingerprint density at radius 2 is 2.00 bits per heavy atom. The van der Waals surface area contributed by atoms with Crippen molar-refractivity contribution in [1.29, 1.82) is 0 Å². The number of nitrogens with zero attached hydrogens (tertiary/aromatic N) is 2. The Balaban J connectivity index is 1.48. The molecule has 1 amide bonds. The minimum atomic E-state index is 0.104. The van der Waals surface area contributed by atoms with Crippen molar-refractivity contribution in [2.24, 2.45) is 5.92 Å². The summed E-state index contributed by atoms with van der Waals surface area (Å²) in [5.74, 6) is 0.806. The SMILES string of the molecule is Nc1ccsc1C(=O)N1CCC(CN2CCOCC2)CC1. The second-order valence-corrected chi connectivity index (χ2v) is 6.77. The van der Waals surface area contributed by atoms with Crippen LogP contribution in [0.4, 0.5) is 5.69 Å². The van der Waals surface area contributed by atoms with Gasteiger partial charge in [-0.2, -0.15) is 0 Å². The van der Waals surface area contributed by atoms with Crippen molar-refractivity contribution >= 4 is 22.9 Å². The maximum absolute atomic E-state index is 12.4. The third-order valence-corrected chi connectivity index (χ3v) is 5.33. The number of piperidine rings is 1. The maximum atomic E-state index is 12.4. The van der Waals surface area contributed by atoms with Crippen LogP contribution in [0.2, 0.25) is 0 Å². The van der Waals surface area contributed by atoms with Crippen LogP contribution in [0.5, 0.6) is 0 Å². The quantitative estimate of drug-likeness (QED) is 0.919. The Morgan fingerprint density at radius 3 is 2.62 bits per heavy atom. The number of nitrogens with two attached hydrogens (primary N) is 1. The van der Waals surface area contributed by atoms with Gasteiger partial charge in [-0.05, 0) is 30.2 Å². The first-order valence-corrected chi connectivity index (χ1v) is 8.54. The summed E-state index contributed by atoms with van der Waals surface area (Å²) in [5, 5.41) is 1.88. The van der Waals surface area contributed by atoms with E-state index in [1.807, 2.05) is 16.3 Å². The van der Waals surface area contributed by atoms with E-state index in [9.17, 15) is 4.79 Å². The van der Waals surface area contributed by atoms with Crippen LogP contribution in [0.25, 0.3) is 0 Å². The molecule has 0 spiro atoms. The van der Waals surface area contributed by atoms with E-state index in [4.69, 9.17) is 10.5 Å². The van der Waals surface area contributed by atoms with E-state index in [-0.39, 0.29) is 5.91 Å². The molecule has 116 valence electrons. The van der Waals surface area contributed by atoms with Crippen LogP contribution in [0.1, 0.15) is 22.5 Å². The number of morpholine rings is 1. The van der Waals surface area contributed by atoms with Gasteiger partial charge in [-0.25, -0.2) is 0 Å². The zero-order chi connectivity index (χ0) is 14.7. The number of carbonyl (C=O) groups excluding carboxylic acids is 1. The summed E-state index contributed by atoms with van der Waals surface area (Å²) >= 11 is 1.44. The first-order chi connectivity index (χ1) is 10.2. The van der Waals surface area contributed by atoms with Crippen molar-refractivity contribution in [1.82, 2.24) is 9.80 Å². The average molecular weight is 309 g/mol. The number of amides is 1. The highest BCUT2D eigenvalue weighted by molar-refractivity contribution is 7.12. The largest absolute Gasteiger partial charge is 0.397 e. The zero-order valence-electron chi connectivity index (χ0n) is 12.3. The molecular formula is C15H23N3O2S. The van der Waals surface area contributed by atoms with Crippen molar-refractivity contribution in [2.75, 3.05) is 51.7 Å². The highest BCUT2D eigenvalue weighted by atomic mass is 32.1. The number of anilines is 1. The van der Waals surface area contributed by atoms with Gasteiger partial charge in [-0.3, -0.25) is 9.69 Å². The first-order valence-electron chi connectivity index (χ1n) is 7.66. The predicted molar refractivity (Wildman–Crippen MR) is 84.6 cm³/mol. The second kappa shape index (κ2) is 6.77. The molecule has 0 radical (unpaired) electrons. The van der Waals surface area contributed by atoms with Crippen molar-refractivity contribution < 1.29 is 9.53 Å². The van der Waals surface area contributed by atoms with Gasteiger partial charge < -0.3 is 15.4 Å². The van der Waals surface area contributed by atoms with Gasteiger partial charge in [0.25, 0.3) is 5.91 Å². The summed E-state index contributed by atoms with van der Waals surface area (Å²) in [6, 6.07) is 1.81. The molecule has 2 aliphatic rings. The summed E-state index contributed by atoms with van der Waals surface area (Å²) in [5.41, 5.74) is 6.46. The Morgan fingerprint density at radius 1 is 1.29 bits per heavy atom. The van der Waals surface area contributed by atoms with Crippen molar-refractivity contribution in [2.45, 2.75) is 12.8 Å². The number of hydrogen-bond donors (Lipinski definition) is 1. The molecule has 3 rings (SSSR count). The summed E-state index contributed by atoms with van der Waals surface area (Å²) in [7, 11) is 0. The number of rotatable bonds is 3. The van der Waals surface area contributed by atoms with E-state index in [1.165, 1.54) is 11.3 Å². The third kappa shape index (κ3) is 3.56. The van der Waals surface area contributed by atoms with Crippen LogP contribution in [0.3, 0.4) is 0 Å². The molecule has 0 aliphatic carbocycles. The highest BCUT2D eigenvalue weighted by Crippen LogP contribution is 2.25. The van der Waals surface area contributed by atoms with Gasteiger partial charge in [0, 0.05) is 32.7 Å². The zero-order valence-corrected chi connectivity index (χ0v) is 13.1. The molecule has 1 aromatic rings. The molecular weight excluding hydrogens is 286 g/mol. The molecule has 1 aromatic heterocycles. The topological polar surface area (TPSA) is 58.8 Å². The van der Waals surface area contributed by atoms with E-state index in [2.05, 4.69) is 4.90 Å². The lowest BCUT2D eigenvalue weighted by Crippen LogP contribution is -2.44. The smallest absolute Gasteiger partial charge is 0.266 e. The average Bonchev–Trinajstić information content (AvgIpc) is 2.94. The standard InChI is InChI=1S/C15H23N3O2S/c16-13-3-10-21-14(13)15(19)18-4-1-12(2-5-18)11-17-6-8-20-9-7-17/h3,10,12H,1-2,4-9,11,16H2. The molecule has 3 heterocycles. The minimum absolute atomic E-state index is 0.104. The molecule has 2 fully saturated rings. The van der Waals surface area contributed by atoms with Crippen LogP contribution in [-0.2, 0) is 4.74 Å². The molecule has 2 aliphatic heterocycles. The number of likely N-dealkylation sites (tertiary alicyclic amines) is 1. The molecule has 0 atom stereocenters. The minimum Gasteiger partial charge on any atom is -0.397 e. The van der Waals surface area contributed by atoms with Crippen molar-refractivity contribution in [3.63, 3.8) is 0 Å². The van der Waals surface area contributed by atoms with Gasteiger partial charge in [0.1, 0.15) is 4.88 Å². The summed E-state index contributed by atoms with van der Waals surface area (Å²) in [6.45, 7) is 6.66. The molecule has 0 bridgehead atoms. The summed E-state index contributed by atoms with van der Waals surface area (Å²) < 4.78 is 5.38. The lowest BCUT2D eigenvalue weighted by molar-refractivity contribution is 0.0243. The Kier molecular flexibility index (Phi) is 4.77. The van der Waals surface area contributed by atoms with Crippen LogP contribution in [0, 0.1) is 5.92 Å². The van der Waals surface area contributed by atoms with Gasteiger partial charge in [-0.15, -0.1) is 11.3 Å². The Hall–Kier alpha value is -1.11. The normalized spacial score (nSPS) is 21.6. The Bertz CT molecular complexity index is 477. The monoisotopic (exact) mass is 309 g/mol.